The highest BCUT2D eigenvalue weighted by atomic mass is 35.5. The van der Waals surface area contributed by atoms with Crippen molar-refractivity contribution in [2.24, 2.45) is 11.1 Å². The fourth-order valence-electron chi connectivity index (χ4n) is 4.13. The summed E-state index contributed by atoms with van der Waals surface area (Å²) in [5.41, 5.74) is 6.36. The average Bonchev–Trinajstić information content (AvgIpc) is 2.68. The number of H-pyrrole nitrogens is 1. The molecule has 1 aliphatic rings. The Hall–Kier alpha value is -1.56. The van der Waals surface area contributed by atoms with Crippen molar-refractivity contribution in [2.75, 3.05) is 6.61 Å². The Morgan fingerprint density at radius 2 is 2.04 bits per heavy atom. The summed E-state index contributed by atoms with van der Waals surface area (Å²) in [6.07, 6.45) is 6.66. The van der Waals surface area contributed by atoms with Crippen LogP contribution in [0.2, 0.25) is 5.02 Å². The number of rotatable bonds is 7. The number of nitrogens with two attached hydrogens (primary N) is 1. The molecule has 3 N–H and O–H groups in total. The van der Waals surface area contributed by atoms with Gasteiger partial charge in [0.05, 0.1) is 23.8 Å². The number of fused-ring (bicyclic) bond motifs is 1. The molecule has 1 heterocycles. The van der Waals surface area contributed by atoms with Gasteiger partial charge in [0.2, 0.25) is 0 Å². The van der Waals surface area contributed by atoms with Gasteiger partial charge in [0, 0.05) is 23.0 Å². The molecule has 0 radical (unpaired) electrons. The van der Waals surface area contributed by atoms with E-state index in [1.54, 1.807) is 12.3 Å². The van der Waals surface area contributed by atoms with Crippen LogP contribution in [-0.2, 0) is 4.74 Å². The molecule has 1 aliphatic carbocycles. The maximum absolute atomic E-state index is 11.9. The van der Waals surface area contributed by atoms with Crippen LogP contribution in [0.3, 0.4) is 0 Å². The second-order valence-electron chi connectivity index (χ2n) is 8.23. The molecule has 1 unspecified atom stereocenters. The summed E-state index contributed by atoms with van der Waals surface area (Å²) in [7, 11) is 0. The van der Waals surface area contributed by atoms with Gasteiger partial charge in [0.1, 0.15) is 5.75 Å². The van der Waals surface area contributed by atoms with Crippen molar-refractivity contribution >= 4 is 22.4 Å². The van der Waals surface area contributed by atoms with Crippen LogP contribution < -0.4 is 16.0 Å². The summed E-state index contributed by atoms with van der Waals surface area (Å²) in [4.78, 5) is 14.6. The lowest BCUT2D eigenvalue weighted by atomic mass is 9.68. The standard InChI is InChI=1S/C22H31ClN2O3/c1-4-20(24)22(13-27-14(2)3)8-5-16(6-9-22)28-19-11-15-7-10-25-21(26)17(15)12-18(19)23/h7,10-12,14,16,20H,4-6,8-9,13,24H2,1-3H3,(H,25,26). The molecule has 2 aromatic rings. The van der Waals surface area contributed by atoms with Crippen LogP contribution in [0.25, 0.3) is 10.8 Å². The molecule has 3 rings (SSSR count). The minimum absolute atomic E-state index is 0.0132. The Morgan fingerprint density at radius 3 is 2.68 bits per heavy atom. The van der Waals surface area contributed by atoms with Crippen molar-refractivity contribution in [3.05, 3.63) is 39.8 Å². The quantitative estimate of drug-likeness (QED) is 0.701. The van der Waals surface area contributed by atoms with Crippen molar-refractivity contribution in [3.63, 3.8) is 0 Å². The van der Waals surface area contributed by atoms with E-state index in [4.69, 9.17) is 26.8 Å². The number of pyridine rings is 1. The third-order valence-electron chi connectivity index (χ3n) is 5.98. The van der Waals surface area contributed by atoms with Crippen molar-refractivity contribution < 1.29 is 9.47 Å². The maximum Gasteiger partial charge on any atom is 0.255 e. The number of aromatic amines is 1. The third kappa shape index (κ3) is 4.53. The predicted octanol–water partition coefficient (Wildman–Crippen LogP) is 4.65. The van der Waals surface area contributed by atoms with Crippen LogP contribution >= 0.6 is 11.6 Å². The van der Waals surface area contributed by atoms with Gasteiger partial charge in [-0.15, -0.1) is 0 Å². The molecule has 1 aromatic heterocycles. The zero-order valence-corrected chi connectivity index (χ0v) is 17.7. The number of hydrogen-bond donors (Lipinski definition) is 2. The second kappa shape index (κ2) is 8.85. The molecule has 5 nitrogen and oxygen atoms in total. The monoisotopic (exact) mass is 406 g/mol. The summed E-state index contributed by atoms with van der Waals surface area (Å²) < 4.78 is 12.2. The smallest absolute Gasteiger partial charge is 0.255 e. The third-order valence-corrected chi connectivity index (χ3v) is 6.27. The zero-order valence-electron chi connectivity index (χ0n) is 17.0. The zero-order chi connectivity index (χ0) is 20.3. The van der Waals surface area contributed by atoms with Crippen LogP contribution in [0.4, 0.5) is 0 Å². The number of hydrogen-bond acceptors (Lipinski definition) is 4. The molecule has 0 aliphatic heterocycles. The van der Waals surface area contributed by atoms with Crippen molar-refractivity contribution in [3.8, 4) is 5.75 Å². The first-order valence-electron chi connectivity index (χ1n) is 10.2. The molecule has 1 fully saturated rings. The number of nitrogens with one attached hydrogen (secondary N) is 1. The topological polar surface area (TPSA) is 77.3 Å². The van der Waals surface area contributed by atoms with Gasteiger partial charge in [-0.25, -0.2) is 0 Å². The second-order valence-corrected chi connectivity index (χ2v) is 8.64. The fourth-order valence-corrected chi connectivity index (χ4v) is 4.34. The van der Waals surface area contributed by atoms with Gasteiger partial charge >= 0.3 is 0 Å². The minimum atomic E-state index is -0.146. The minimum Gasteiger partial charge on any atom is -0.489 e. The lowest BCUT2D eigenvalue weighted by Gasteiger charge is -2.44. The molecule has 6 heteroatoms. The van der Waals surface area contributed by atoms with Gasteiger partial charge in [-0.3, -0.25) is 4.79 Å². The Morgan fingerprint density at radius 1 is 1.32 bits per heavy atom. The van der Waals surface area contributed by atoms with Gasteiger partial charge < -0.3 is 20.2 Å². The van der Waals surface area contributed by atoms with E-state index in [0.29, 0.717) is 22.8 Å². The van der Waals surface area contributed by atoms with Crippen molar-refractivity contribution in [1.29, 1.82) is 0 Å². The van der Waals surface area contributed by atoms with E-state index in [0.717, 1.165) is 37.5 Å². The summed E-state index contributed by atoms with van der Waals surface area (Å²) >= 11 is 6.39. The molecule has 0 amide bonds. The molecule has 1 aromatic carbocycles. The molecule has 1 saturated carbocycles. The van der Waals surface area contributed by atoms with Crippen LogP contribution in [0.15, 0.2) is 29.2 Å². The van der Waals surface area contributed by atoms with E-state index in [9.17, 15) is 4.79 Å². The van der Waals surface area contributed by atoms with E-state index in [-0.39, 0.29) is 29.2 Å². The van der Waals surface area contributed by atoms with Gasteiger partial charge in [0.25, 0.3) is 5.56 Å². The van der Waals surface area contributed by atoms with E-state index in [1.165, 1.54) is 0 Å². The first-order chi connectivity index (χ1) is 13.3. The number of ether oxygens (including phenoxy) is 2. The first kappa shape index (κ1) is 21.2. The Balaban J connectivity index is 1.71. The summed E-state index contributed by atoms with van der Waals surface area (Å²) in [5.74, 6) is 0.635. The molecule has 0 saturated heterocycles. The number of benzene rings is 1. The van der Waals surface area contributed by atoms with Crippen molar-refractivity contribution in [1.82, 2.24) is 4.98 Å². The average molecular weight is 407 g/mol. The maximum atomic E-state index is 11.9. The summed E-state index contributed by atoms with van der Waals surface area (Å²) in [6, 6.07) is 5.52. The highest BCUT2D eigenvalue weighted by molar-refractivity contribution is 6.32. The van der Waals surface area contributed by atoms with Crippen molar-refractivity contribution in [2.45, 2.75) is 71.1 Å². The molecule has 0 bridgehead atoms. The lowest BCUT2D eigenvalue weighted by molar-refractivity contribution is -0.0405. The fraction of sp³-hybridized carbons (Fsp3) is 0.591. The molecule has 154 valence electrons. The largest absolute Gasteiger partial charge is 0.489 e. The Bertz CT molecular complexity index is 856. The molecule has 0 spiro atoms. The Kier molecular flexibility index (Phi) is 6.69. The highest BCUT2D eigenvalue weighted by Gasteiger charge is 2.40. The molecule has 1 atom stereocenters. The Labute approximate surface area is 171 Å². The van der Waals surface area contributed by atoms with Crippen LogP contribution in [-0.4, -0.2) is 29.8 Å². The van der Waals surface area contributed by atoms with Gasteiger partial charge in [0.15, 0.2) is 0 Å². The van der Waals surface area contributed by atoms with Crippen LogP contribution in [0.1, 0.15) is 52.9 Å². The van der Waals surface area contributed by atoms with Crippen LogP contribution in [0.5, 0.6) is 5.75 Å². The highest BCUT2D eigenvalue weighted by Crippen LogP contribution is 2.42. The van der Waals surface area contributed by atoms with E-state index < -0.39 is 0 Å². The first-order valence-corrected chi connectivity index (χ1v) is 10.6. The summed E-state index contributed by atoms with van der Waals surface area (Å²) in [6.45, 7) is 6.96. The van der Waals surface area contributed by atoms with Gasteiger partial charge in [-0.05, 0) is 69.5 Å². The van der Waals surface area contributed by atoms with Gasteiger partial charge in [-0.1, -0.05) is 18.5 Å². The predicted molar refractivity (Wildman–Crippen MR) is 114 cm³/mol. The number of aromatic nitrogens is 1. The van der Waals surface area contributed by atoms with E-state index in [2.05, 4.69) is 25.8 Å². The molecular formula is C22H31ClN2O3. The SMILES string of the molecule is CCC(N)C1(COC(C)C)CCC(Oc2cc3cc[nH]c(=O)c3cc2Cl)CC1. The van der Waals surface area contributed by atoms with Crippen LogP contribution in [0, 0.1) is 5.41 Å². The van der Waals surface area contributed by atoms with E-state index in [1.807, 2.05) is 12.1 Å². The normalized spacial score (nSPS) is 23.9. The van der Waals surface area contributed by atoms with E-state index >= 15 is 0 Å². The number of halogens is 1. The lowest BCUT2D eigenvalue weighted by Crippen LogP contribution is -2.48. The molecule has 28 heavy (non-hydrogen) atoms. The molecular weight excluding hydrogens is 376 g/mol. The summed E-state index contributed by atoms with van der Waals surface area (Å²) in [5, 5.41) is 1.86. The van der Waals surface area contributed by atoms with Gasteiger partial charge in [-0.2, -0.15) is 0 Å².